The molecule has 88 valence electrons. The van der Waals surface area contributed by atoms with Gasteiger partial charge in [0.25, 0.3) is 0 Å². The molecule has 0 radical (unpaired) electrons. The Hall–Kier alpha value is -1.88. The second-order valence-electron chi connectivity index (χ2n) is 3.60. The Morgan fingerprint density at radius 3 is 3.00 bits per heavy atom. The number of thiophene rings is 1. The molecule has 0 aliphatic rings. The van der Waals surface area contributed by atoms with Gasteiger partial charge in [-0.1, -0.05) is 23.4 Å². The van der Waals surface area contributed by atoms with Crippen LogP contribution in [0.4, 0.5) is 0 Å². The van der Waals surface area contributed by atoms with E-state index in [0.29, 0.717) is 12.3 Å². The van der Waals surface area contributed by atoms with Crippen LogP contribution in [0, 0.1) is 0 Å². The minimum atomic E-state index is -0.469. The molecule has 2 rings (SSSR count). The van der Waals surface area contributed by atoms with Gasteiger partial charge in [0, 0.05) is 18.0 Å². The first kappa shape index (κ1) is 11.6. The van der Waals surface area contributed by atoms with Crippen molar-refractivity contribution < 1.29 is 9.63 Å². The number of benzene rings is 1. The molecule has 0 bridgehead atoms. The first-order valence-corrected chi connectivity index (χ1v) is 6.00. The van der Waals surface area contributed by atoms with E-state index >= 15 is 0 Å². The van der Waals surface area contributed by atoms with Crippen molar-refractivity contribution in [3.8, 4) is 0 Å². The second kappa shape index (κ2) is 4.97. The molecular weight excluding hydrogens is 236 g/mol. The molecule has 0 fully saturated rings. The Kier molecular flexibility index (Phi) is 3.39. The van der Waals surface area contributed by atoms with Crippen molar-refractivity contribution >= 4 is 33.2 Å². The molecule has 4 nitrogen and oxygen atoms in total. The number of hydrogen-bond acceptors (Lipinski definition) is 4. The van der Waals surface area contributed by atoms with Crippen LogP contribution in [0.1, 0.15) is 12.5 Å². The van der Waals surface area contributed by atoms with Crippen molar-refractivity contribution in [3.05, 3.63) is 35.2 Å². The van der Waals surface area contributed by atoms with E-state index in [1.54, 1.807) is 11.3 Å². The number of amidine groups is 1. The molecular formula is C12H12N2O2S. The van der Waals surface area contributed by atoms with E-state index in [9.17, 15) is 4.79 Å². The highest BCUT2D eigenvalue weighted by Crippen LogP contribution is 2.25. The third-order valence-electron chi connectivity index (χ3n) is 2.22. The molecule has 0 atom stereocenters. The maximum atomic E-state index is 10.6. The summed E-state index contributed by atoms with van der Waals surface area (Å²) < 4.78 is 1.21. The topological polar surface area (TPSA) is 64.7 Å². The molecule has 0 amide bonds. The third-order valence-corrected chi connectivity index (χ3v) is 3.24. The summed E-state index contributed by atoms with van der Waals surface area (Å²) in [4.78, 5) is 15.1. The number of carbonyl (C=O) groups excluding carboxylic acids is 1. The summed E-state index contributed by atoms with van der Waals surface area (Å²) in [6, 6.07) is 8.08. The summed E-state index contributed by atoms with van der Waals surface area (Å²) in [5.74, 6) is -0.174. The second-order valence-corrected chi connectivity index (χ2v) is 4.51. The molecule has 17 heavy (non-hydrogen) atoms. The van der Waals surface area contributed by atoms with E-state index in [1.807, 2.05) is 23.6 Å². The van der Waals surface area contributed by atoms with Crippen LogP contribution in [0.15, 0.2) is 34.8 Å². The molecule has 1 aromatic heterocycles. The molecule has 2 aromatic rings. The smallest absolute Gasteiger partial charge is 0.332 e. The van der Waals surface area contributed by atoms with Crippen LogP contribution in [-0.2, 0) is 16.1 Å². The summed E-state index contributed by atoms with van der Waals surface area (Å²) in [7, 11) is 0. The van der Waals surface area contributed by atoms with Crippen LogP contribution >= 0.6 is 11.3 Å². The molecule has 0 aliphatic heterocycles. The van der Waals surface area contributed by atoms with Crippen LogP contribution in [0.3, 0.4) is 0 Å². The summed E-state index contributed by atoms with van der Waals surface area (Å²) in [6.07, 6.45) is 0.483. The van der Waals surface area contributed by atoms with E-state index in [2.05, 4.69) is 16.1 Å². The largest absolute Gasteiger partial charge is 0.384 e. The molecule has 0 unspecified atom stereocenters. The van der Waals surface area contributed by atoms with Gasteiger partial charge in [-0.15, -0.1) is 11.3 Å². The summed E-state index contributed by atoms with van der Waals surface area (Å²) in [5, 5.41) is 6.76. The van der Waals surface area contributed by atoms with Crippen LogP contribution in [0.2, 0.25) is 0 Å². The quantitative estimate of drug-likeness (QED) is 0.392. The lowest BCUT2D eigenvalue weighted by molar-refractivity contribution is -0.140. The predicted molar refractivity (Wildman–Crippen MR) is 68.9 cm³/mol. The summed E-state index contributed by atoms with van der Waals surface area (Å²) in [6.45, 7) is 1.29. The third kappa shape index (κ3) is 2.82. The maximum absolute atomic E-state index is 10.6. The molecule has 1 heterocycles. The highest BCUT2D eigenvalue weighted by molar-refractivity contribution is 7.17. The van der Waals surface area contributed by atoms with Crippen LogP contribution in [0.25, 0.3) is 10.1 Å². The number of hydrogen-bond donors (Lipinski definition) is 1. The van der Waals surface area contributed by atoms with E-state index in [4.69, 9.17) is 5.73 Å². The van der Waals surface area contributed by atoms with Gasteiger partial charge in [-0.25, -0.2) is 4.79 Å². The van der Waals surface area contributed by atoms with E-state index in [1.165, 1.54) is 17.0 Å². The minimum Gasteiger partial charge on any atom is -0.384 e. The number of nitrogens with zero attached hydrogens (tertiary/aromatic N) is 1. The summed E-state index contributed by atoms with van der Waals surface area (Å²) >= 11 is 1.66. The average Bonchev–Trinajstić information content (AvgIpc) is 2.70. The van der Waals surface area contributed by atoms with Crippen molar-refractivity contribution in [2.24, 2.45) is 10.9 Å². The summed E-state index contributed by atoms with van der Waals surface area (Å²) in [5.41, 5.74) is 6.78. The zero-order valence-corrected chi connectivity index (χ0v) is 10.2. The van der Waals surface area contributed by atoms with Crippen molar-refractivity contribution in [1.29, 1.82) is 0 Å². The lowest BCUT2D eigenvalue weighted by atomic mass is 10.1. The van der Waals surface area contributed by atoms with Crippen molar-refractivity contribution in [2.75, 3.05) is 0 Å². The molecule has 0 saturated heterocycles. The molecule has 0 spiro atoms. The zero-order chi connectivity index (χ0) is 12.3. The average molecular weight is 248 g/mol. The van der Waals surface area contributed by atoms with Gasteiger partial charge in [-0.05, 0) is 22.4 Å². The van der Waals surface area contributed by atoms with Crippen molar-refractivity contribution in [2.45, 2.75) is 13.3 Å². The SMILES string of the molecule is CC(=O)ON=C(N)Cc1csc2ccccc12. The normalized spacial score (nSPS) is 11.7. The molecule has 2 N–H and O–H groups in total. The number of fused-ring (bicyclic) bond motifs is 1. The number of oxime groups is 1. The Labute approximate surface area is 103 Å². The Morgan fingerprint density at radius 1 is 1.47 bits per heavy atom. The Balaban J connectivity index is 2.18. The van der Waals surface area contributed by atoms with E-state index in [-0.39, 0.29) is 0 Å². The van der Waals surface area contributed by atoms with Crippen molar-refractivity contribution in [1.82, 2.24) is 0 Å². The van der Waals surface area contributed by atoms with Crippen molar-refractivity contribution in [3.63, 3.8) is 0 Å². The fraction of sp³-hybridized carbons (Fsp3) is 0.167. The van der Waals surface area contributed by atoms with E-state index < -0.39 is 5.97 Å². The van der Waals surface area contributed by atoms with Crippen LogP contribution in [-0.4, -0.2) is 11.8 Å². The highest BCUT2D eigenvalue weighted by atomic mass is 32.1. The van der Waals surface area contributed by atoms with Gasteiger partial charge in [0.1, 0.15) is 5.84 Å². The molecule has 1 aromatic carbocycles. The fourth-order valence-electron chi connectivity index (χ4n) is 1.52. The number of carbonyl (C=O) groups is 1. The number of nitrogens with two attached hydrogens (primary N) is 1. The minimum absolute atomic E-state index is 0.295. The Morgan fingerprint density at radius 2 is 2.24 bits per heavy atom. The van der Waals surface area contributed by atoms with Gasteiger partial charge < -0.3 is 10.6 Å². The first-order valence-electron chi connectivity index (χ1n) is 5.12. The maximum Gasteiger partial charge on any atom is 0.332 e. The van der Waals surface area contributed by atoms with Gasteiger partial charge in [0.2, 0.25) is 0 Å². The molecule has 0 aliphatic carbocycles. The molecule has 5 heteroatoms. The monoisotopic (exact) mass is 248 g/mol. The van der Waals surface area contributed by atoms with Gasteiger partial charge in [0.05, 0.1) is 0 Å². The predicted octanol–water partition coefficient (Wildman–Crippen LogP) is 2.28. The highest BCUT2D eigenvalue weighted by Gasteiger charge is 2.05. The zero-order valence-electron chi connectivity index (χ0n) is 9.34. The van der Waals surface area contributed by atoms with Crippen LogP contribution < -0.4 is 5.73 Å². The Bertz CT molecular complexity index is 575. The lowest BCUT2D eigenvalue weighted by Crippen LogP contribution is -2.15. The number of rotatable bonds is 3. The first-order chi connectivity index (χ1) is 8.16. The van der Waals surface area contributed by atoms with Gasteiger partial charge in [-0.2, -0.15) is 0 Å². The molecule has 0 saturated carbocycles. The van der Waals surface area contributed by atoms with E-state index in [0.717, 1.165) is 5.56 Å². The lowest BCUT2D eigenvalue weighted by Gasteiger charge is -1.99. The van der Waals surface area contributed by atoms with Crippen LogP contribution in [0.5, 0.6) is 0 Å². The van der Waals surface area contributed by atoms with Gasteiger partial charge in [0.15, 0.2) is 0 Å². The van der Waals surface area contributed by atoms with Gasteiger partial charge in [-0.3, -0.25) is 0 Å². The standard InChI is InChI=1S/C12H12N2O2S/c1-8(15)16-14-12(13)6-9-7-17-11-5-3-2-4-10(9)11/h2-5,7H,6H2,1H3,(H2,13,14). The van der Waals surface area contributed by atoms with Gasteiger partial charge >= 0.3 is 5.97 Å². The fourth-order valence-corrected chi connectivity index (χ4v) is 2.48.